The Bertz CT molecular complexity index is 645. The minimum absolute atomic E-state index is 0. The molecule has 0 radical (unpaired) electrons. The molecule has 1 aromatic rings. The van der Waals surface area contributed by atoms with Crippen molar-refractivity contribution in [1.29, 1.82) is 0 Å². The molecule has 27 heavy (non-hydrogen) atoms. The van der Waals surface area contributed by atoms with Crippen LogP contribution in [0.1, 0.15) is 32.6 Å². The second-order valence-electron chi connectivity index (χ2n) is 8.21. The van der Waals surface area contributed by atoms with Gasteiger partial charge in [-0.25, -0.2) is 4.79 Å². The Kier molecular flexibility index (Phi) is 7.79. The number of halogens is 1. The van der Waals surface area contributed by atoms with Crippen LogP contribution in [0.4, 0.5) is 4.79 Å². The number of hydrogen-bond donors (Lipinski definition) is 1. The average Bonchev–Trinajstić information content (AvgIpc) is 3.20. The molecule has 2 atom stereocenters. The lowest BCUT2D eigenvalue weighted by Crippen LogP contribution is -2.57. The first-order chi connectivity index (χ1) is 12.3. The fourth-order valence-electron chi connectivity index (χ4n) is 3.33. The molecule has 8 heteroatoms. The summed E-state index contributed by atoms with van der Waals surface area (Å²) in [6.07, 6.45) is 0.872. The Hall–Kier alpha value is -1.03. The molecule has 0 aromatic carbocycles. The average molecular weight is 506 g/mol. The summed E-state index contributed by atoms with van der Waals surface area (Å²) < 4.78 is 5.50. The third kappa shape index (κ3) is 6.23. The summed E-state index contributed by atoms with van der Waals surface area (Å²) in [6, 6.07) is 4.56. The quantitative estimate of drug-likeness (QED) is 0.636. The third-order valence-corrected chi connectivity index (χ3v) is 5.50. The summed E-state index contributed by atoms with van der Waals surface area (Å²) in [7, 11) is 0. The molecule has 2 aliphatic rings. The van der Waals surface area contributed by atoms with E-state index in [1.807, 2.05) is 37.0 Å². The maximum atomic E-state index is 12.3. The SMILES string of the molecule is CC(CNC1=NCC2CN(C(=O)OC(C)(C)C)CCN12)Cc1cccs1.I. The van der Waals surface area contributed by atoms with E-state index in [1.165, 1.54) is 4.88 Å². The highest BCUT2D eigenvalue weighted by Crippen LogP contribution is 2.19. The van der Waals surface area contributed by atoms with Gasteiger partial charge in [0.15, 0.2) is 5.96 Å². The van der Waals surface area contributed by atoms with Crippen LogP contribution in [0.15, 0.2) is 22.5 Å². The molecule has 152 valence electrons. The van der Waals surface area contributed by atoms with E-state index >= 15 is 0 Å². The summed E-state index contributed by atoms with van der Waals surface area (Å²) in [6.45, 7) is 11.8. The van der Waals surface area contributed by atoms with E-state index < -0.39 is 5.60 Å². The fraction of sp³-hybridized carbons (Fsp3) is 0.684. The van der Waals surface area contributed by atoms with Gasteiger partial charge in [0, 0.05) is 31.1 Å². The van der Waals surface area contributed by atoms with Gasteiger partial charge in [-0.05, 0) is 44.6 Å². The summed E-state index contributed by atoms with van der Waals surface area (Å²) >= 11 is 1.82. The van der Waals surface area contributed by atoms with Gasteiger partial charge in [-0.1, -0.05) is 13.0 Å². The predicted octanol–water partition coefficient (Wildman–Crippen LogP) is 3.43. The van der Waals surface area contributed by atoms with Crippen LogP contribution in [0.3, 0.4) is 0 Å². The topological polar surface area (TPSA) is 57.2 Å². The van der Waals surface area contributed by atoms with E-state index in [-0.39, 0.29) is 36.1 Å². The van der Waals surface area contributed by atoms with Crippen LogP contribution in [0.5, 0.6) is 0 Å². The van der Waals surface area contributed by atoms with Crippen molar-refractivity contribution in [2.45, 2.75) is 45.8 Å². The molecule has 0 saturated carbocycles. The lowest BCUT2D eigenvalue weighted by molar-refractivity contribution is 0.0137. The molecule has 1 fully saturated rings. The van der Waals surface area contributed by atoms with Crippen molar-refractivity contribution in [1.82, 2.24) is 15.1 Å². The molecule has 0 aliphatic carbocycles. The van der Waals surface area contributed by atoms with Crippen LogP contribution in [-0.4, -0.2) is 66.2 Å². The van der Waals surface area contributed by atoms with E-state index in [4.69, 9.17) is 4.74 Å². The number of carbonyl (C=O) groups excluding carboxylic acids is 1. The Labute approximate surface area is 183 Å². The number of thiophene rings is 1. The Balaban J connectivity index is 0.00000261. The van der Waals surface area contributed by atoms with Crippen LogP contribution in [-0.2, 0) is 11.2 Å². The standard InChI is InChI=1S/C19H30N4O2S.HI/c1-14(10-16-6-5-9-26-16)11-20-17-21-12-15-13-22(7-8-23(15)17)18(24)25-19(2,3)4;/h5-6,9,14-15H,7-8,10-13H2,1-4H3,(H,20,21);1H. The normalized spacial score (nSPS) is 20.4. The monoisotopic (exact) mass is 506 g/mol. The van der Waals surface area contributed by atoms with Gasteiger partial charge < -0.3 is 19.9 Å². The number of rotatable bonds is 4. The number of guanidine groups is 1. The lowest BCUT2D eigenvalue weighted by atomic mass is 10.1. The fourth-order valence-corrected chi connectivity index (χ4v) is 4.20. The van der Waals surface area contributed by atoms with Gasteiger partial charge in [-0.3, -0.25) is 4.99 Å². The number of piperazine rings is 1. The van der Waals surface area contributed by atoms with Gasteiger partial charge in [0.1, 0.15) is 5.60 Å². The zero-order chi connectivity index (χ0) is 18.7. The zero-order valence-electron chi connectivity index (χ0n) is 16.6. The molecule has 3 heterocycles. The van der Waals surface area contributed by atoms with Crippen molar-refractivity contribution in [3.05, 3.63) is 22.4 Å². The van der Waals surface area contributed by atoms with Crippen LogP contribution in [0.25, 0.3) is 0 Å². The Morgan fingerprint density at radius 3 is 2.89 bits per heavy atom. The summed E-state index contributed by atoms with van der Waals surface area (Å²) in [5.74, 6) is 1.54. The molecule has 2 unspecified atom stereocenters. The molecule has 3 rings (SSSR count). The first-order valence-electron chi connectivity index (χ1n) is 9.37. The van der Waals surface area contributed by atoms with Crippen LogP contribution < -0.4 is 5.32 Å². The number of ether oxygens (including phenoxy) is 1. The minimum atomic E-state index is -0.453. The maximum Gasteiger partial charge on any atom is 0.410 e. The first kappa shape index (κ1) is 22.3. The number of nitrogens with zero attached hydrogens (tertiary/aromatic N) is 3. The highest BCUT2D eigenvalue weighted by molar-refractivity contribution is 14.0. The number of amides is 1. The number of fused-ring (bicyclic) bond motifs is 1. The summed E-state index contributed by atoms with van der Waals surface area (Å²) in [4.78, 5) is 22.5. The molecule has 1 saturated heterocycles. The number of nitrogens with one attached hydrogen (secondary N) is 1. The molecular formula is C19H31IN4O2S. The Morgan fingerprint density at radius 1 is 1.44 bits per heavy atom. The van der Waals surface area contributed by atoms with E-state index in [0.717, 1.165) is 32.0 Å². The lowest BCUT2D eigenvalue weighted by Gasteiger charge is -2.39. The molecule has 0 spiro atoms. The van der Waals surface area contributed by atoms with Crippen LogP contribution in [0, 0.1) is 5.92 Å². The van der Waals surface area contributed by atoms with Crippen molar-refractivity contribution >= 4 is 47.4 Å². The molecule has 2 aliphatic heterocycles. The van der Waals surface area contributed by atoms with Crippen molar-refractivity contribution < 1.29 is 9.53 Å². The molecule has 1 aromatic heterocycles. The Morgan fingerprint density at radius 2 is 2.22 bits per heavy atom. The van der Waals surface area contributed by atoms with Crippen molar-refractivity contribution in [2.24, 2.45) is 10.9 Å². The highest BCUT2D eigenvalue weighted by Gasteiger charge is 2.36. The minimum Gasteiger partial charge on any atom is -0.444 e. The second-order valence-corrected chi connectivity index (χ2v) is 9.24. The zero-order valence-corrected chi connectivity index (χ0v) is 19.8. The van der Waals surface area contributed by atoms with E-state index in [9.17, 15) is 4.79 Å². The van der Waals surface area contributed by atoms with Gasteiger partial charge >= 0.3 is 6.09 Å². The number of carbonyl (C=O) groups is 1. The van der Waals surface area contributed by atoms with Gasteiger partial charge in [0.2, 0.25) is 0 Å². The van der Waals surface area contributed by atoms with Crippen LogP contribution in [0.2, 0.25) is 0 Å². The third-order valence-electron chi connectivity index (χ3n) is 4.60. The van der Waals surface area contributed by atoms with Gasteiger partial charge in [-0.15, -0.1) is 35.3 Å². The van der Waals surface area contributed by atoms with E-state index in [0.29, 0.717) is 19.0 Å². The van der Waals surface area contributed by atoms with Crippen LogP contribution >= 0.6 is 35.3 Å². The smallest absolute Gasteiger partial charge is 0.410 e. The predicted molar refractivity (Wildman–Crippen MR) is 121 cm³/mol. The molecule has 0 bridgehead atoms. The van der Waals surface area contributed by atoms with Crippen molar-refractivity contribution in [2.75, 3.05) is 32.7 Å². The summed E-state index contributed by atoms with van der Waals surface area (Å²) in [5.41, 5.74) is -0.453. The van der Waals surface area contributed by atoms with Crippen molar-refractivity contribution in [3.8, 4) is 0 Å². The molecule has 1 amide bonds. The highest BCUT2D eigenvalue weighted by atomic mass is 127. The molecular weight excluding hydrogens is 475 g/mol. The first-order valence-corrected chi connectivity index (χ1v) is 10.2. The maximum absolute atomic E-state index is 12.3. The number of hydrogen-bond acceptors (Lipinski definition) is 6. The second kappa shape index (κ2) is 9.45. The van der Waals surface area contributed by atoms with Crippen molar-refractivity contribution in [3.63, 3.8) is 0 Å². The van der Waals surface area contributed by atoms with E-state index in [2.05, 4.69) is 39.6 Å². The molecule has 6 nitrogen and oxygen atoms in total. The van der Waals surface area contributed by atoms with Gasteiger partial charge in [-0.2, -0.15) is 0 Å². The summed E-state index contributed by atoms with van der Waals surface area (Å²) in [5, 5.41) is 5.65. The van der Waals surface area contributed by atoms with Gasteiger partial charge in [0.25, 0.3) is 0 Å². The largest absolute Gasteiger partial charge is 0.444 e. The van der Waals surface area contributed by atoms with E-state index in [1.54, 1.807) is 0 Å². The number of aliphatic imine (C=N–C) groups is 1. The van der Waals surface area contributed by atoms with Gasteiger partial charge in [0.05, 0.1) is 12.6 Å². The molecule has 1 N–H and O–H groups in total.